The summed E-state index contributed by atoms with van der Waals surface area (Å²) in [5, 5.41) is 0. The highest BCUT2D eigenvalue weighted by atomic mass is 19.1. The Morgan fingerprint density at radius 1 is 0.955 bits per heavy atom. The lowest BCUT2D eigenvalue weighted by Crippen LogP contribution is -2.31. The van der Waals surface area contributed by atoms with Crippen molar-refractivity contribution in [3.63, 3.8) is 0 Å². The number of esters is 1. The second kappa shape index (κ2) is 12.5. The average molecular weight is 605 g/mol. The molecule has 0 amide bonds. The molecule has 1 saturated heterocycles. The summed E-state index contributed by atoms with van der Waals surface area (Å²) in [6, 6.07) is 17.6. The third kappa shape index (κ3) is 6.03. The van der Waals surface area contributed by atoms with Gasteiger partial charge >= 0.3 is 5.97 Å². The molecule has 0 unspecified atom stereocenters. The standard InChI is InChI=1S/C34H28F4N2O4/c1-2-42-34(41)23-13-29(38)33-30(14-23)40(18-24-10-11-43-24)32(39-33)16-22-12-28(37)25(17-27(22)36)21-8-9-26(35)31(15-21)44-19-20-6-4-3-5-7-20/h3-9,12-15,17,24H,2,10-11,16,18-19H2,1H3/t24-/m0/s1. The van der Waals surface area contributed by atoms with Crippen LogP contribution in [-0.4, -0.2) is 34.8 Å². The fourth-order valence-corrected chi connectivity index (χ4v) is 5.16. The predicted octanol–water partition coefficient (Wildman–Crippen LogP) is 7.40. The quantitative estimate of drug-likeness (QED) is 0.123. The summed E-state index contributed by atoms with van der Waals surface area (Å²) in [4.78, 5) is 16.8. The predicted molar refractivity (Wildman–Crippen MR) is 155 cm³/mol. The lowest BCUT2D eigenvalue weighted by atomic mass is 10.0. The Hall–Kier alpha value is -4.70. The van der Waals surface area contributed by atoms with Crippen LogP contribution < -0.4 is 4.74 Å². The van der Waals surface area contributed by atoms with Crippen molar-refractivity contribution < 1.29 is 36.6 Å². The van der Waals surface area contributed by atoms with Crippen molar-refractivity contribution in [2.24, 2.45) is 0 Å². The third-order valence-corrected chi connectivity index (χ3v) is 7.54. The summed E-state index contributed by atoms with van der Waals surface area (Å²) in [5.41, 5.74) is 1.33. The monoisotopic (exact) mass is 604 g/mol. The maximum atomic E-state index is 15.5. The van der Waals surface area contributed by atoms with E-state index in [1.54, 1.807) is 11.5 Å². The van der Waals surface area contributed by atoms with Gasteiger partial charge in [0.15, 0.2) is 17.4 Å². The Morgan fingerprint density at radius 2 is 1.75 bits per heavy atom. The van der Waals surface area contributed by atoms with Gasteiger partial charge in [-0.2, -0.15) is 0 Å². The Morgan fingerprint density at radius 3 is 2.48 bits per heavy atom. The molecule has 1 aliphatic heterocycles. The van der Waals surface area contributed by atoms with Crippen LogP contribution in [0.3, 0.4) is 0 Å². The minimum atomic E-state index is -0.734. The number of carbonyl (C=O) groups excluding carboxylic acids is 1. The van der Waals surface area contributed by atoms with E-state index in [1.807, 2.05) is 30.3 Å². The number of aromatic nitrogens is 2. The maximum Gasteiger partial charge on any atom is 0.338 e. The molecular formula is C34H28F4N2O4. The van der Waals surface area contributed by atoms with Crippen molar-refractivity contribution in [2.75, 3.05) is 13.2 Å². The second-order valence-corrected chi connectivity index (χ2v) is 10.5. The van der Waals surface area contributed by atoms with Gasteiger partial charge in [0.05, 0.1) is 30.3 Å². The zero-order valence-corrected chi connectivity index (χ0v) is 23.8. The van der Waals surface area contributed by atoms with Crippen molar-refractivity contribution in [3.05, 3.63) is 119 Å². The lowest BCUT2D eigenvalue weighted by molar-refractivity contribution is -0.0589. The highest BCUT2D eigenvalue weighted by Gasteiger charge is 2.25. The van der Waals surface area contributed by atoms with E-state index in [-0.39, 0.29) is 65.1 Å². The average Bonchev–Trinajstić information content (AvgIpc) is 3.34. The lowest BCUT2D eigenvalue weighted by Gasteiger charge is -2.27. The first-order valence-electron chi connectivity index (χ1n) is 14.2. The Kier molecular flexibility index (Phi) is 8.34. The highest BCUT2D eigenvalue weighted by Crippen LogP contribution is 2.32. The van der Waals surface area contributed by atoms with Crippen LogP contribution in [0.2, 0.25) is 0 Å². The topological polar surface area (TPSA) is 62.6 Å². The Bertz CT molecular complexity index is 1840. The van der Waals surface area contributed by atoms with Crippen molar-refractivity contribution in [1.82, 2.24) is 9.55 Å². The Balaban J connectivity index is 1.32. The molecule has 6 rings (SSSR count). The minimum absolute atomic E-state index is 0.000725. The maximum absolute atomic E-state index is 15.5. The number of nitrogens with zero attached hydrogens (tertiary/aromatic N) is 2. The molecular weight excluding hydrogens is 576 g/mol. The number of hydrogen-bond acceptors (Lipinski definition) is 5. The van der Waals surface area contributed by atoms with Gasteiger partial charge in [-0.25, -0.2) is 27.3 Å². The molecule has 0 bridgehead atoms. The molecule has 1 aromatic heterocycles. The van der Waals surface area contributed by atoms with Crippen LogP contribution in [0.1, 0.15) is 40.7 Å². The molecule has 2 heterocycles. The largest absolute Gasteiger partial charge is 0.486 e. The van der Waals surface area contributed by atoms with Gasteiger partial charge in [0.2, 0.25) is 0 Å². The molecule has 0 aliphatic carbocycles. The summed E-state index contributed by atoms with van der Waals surface area (Å²) in [5.74, 6) is -3.31. The van der Waals surface area contributed by atoms with E-state index in [2.05, 4.69) is 4.98 Å². The van der Waals surface area contributed by atoms with Crippen LogP contribution in [0.15, 0.2) is 72.8 Å². The van der Waals surface area contributed by atoms with Gasteiger partial charge in [-0.15, -0.1) is 0 Å². The van der Waals surface area contributed by atoms with E-state index in [1.165, 1.54) is 18.2 Å². The van der Waals surface area contributed by atoms with Gasteiger partial charge in [0.25, 0.3) is 0 Å². The van der Waals surface area contributed by atoms with E-state index in [0.717, 1.165) is 36.2 Å². The van der Waals surface area contributed by atoms with Gasteiger partial charge in [-0.3, -0.25) is 0 Å². The fraction of sp³-hybridized carbons (Fsp3) is 0.235. The van der Waals surface area contributed by atoms with Crippen molar-refractivity contribution in [2.45, 2.75) is 39.0 Å². The molecule has 0 N–H and O–H groups in total. The van der Waals surface area contributed by atoms with Crippen molar-refractivity contribution >= 4 is 17.0 Å². The molecule has 4 aromatic carbocycles. The molecule has 5 aromatic rings. The number of benzene rings is 4. The molecule has 0 radical (unpaired) electrons. The van der Waals surface area contributed by atoms with Gasteiger partial charge in [0.1, 0.15) is 29.6 Å². The minimum Gasteiger partial charge on any atom is -0.486 e. The number of imidazole rings is 1. The van der Waals surface area contributed by atoms with Crippen molar-refractivity contribution in [3.8, 4) is 16.9 Å². The molecule has 1 atom stereocenters. The first-order valence-corrected chi connectivity index (χ1v) is 14.2. The zero-order chi connectivity index (χ0) is 30.8. The smallest absolute Gasteiger partial charge is 0.338 e. The summed E-state index contributed by atoms with van der Waals surface area (Å²) < 4.78 is 78.6. The number of hydrogen-bond donors (Lipinski definition) is 0. The van der Waals surface area contributed by atoms with Gasteiger partial charge in [-0.1, -0.05) is 36.4 Å². The molecule has 44 heavy (non-hydrogen) atoms. The van der Waals surface area contributed by atoms with E-state index in [4.69, 9.17) is 14.2 Å². The highest BCUT2D eigenvalue weighted by molar-refractivity contribution is 5.94. The second-order valence-electron chi connectivity index (χ2n) is 10.5. The summed E-state index contributed by atoms with van der Waals surface area (Å²) in [7, 11) is 0. The molecule has 10 heteroatoms. The number of carbonyl (C=O) groups is 1. The molecule has 0 spiro atoms. The van der Waals surface area contributed by atoms with Crippen molar-refractivity contribution in [1.29, 1.82) is 0 Å². The SMILES string of the molecule is CCOC(=O)c1cc(F)c2nc(Cc3cc(F)c(-c4ccc(F)c(OCc5ccccc5)c4)cc3F)n(C[C@@H]3CCO3)c2c1. The third-order valence-electron chi connectivity index (χ3n) is 7.54. The number of ether oxygens (including phenoxy) is 3. The number of halogens is 4. The van der Waals surface area contributed by atoms with E-state index < -0.39 is 29.2 Å². The van der Waals surface area contributed by atoms with Gasteiger partial charge in [0, 0.05) is 18.6 Å². The molecule has 226 valence electrons. The first-order chi connectivity index (χ1) is 21.3. The van der Waals surface area contributed by atoms with Crippen LogP contribution in [-0.2, 0) is 29.0 Å². The van der Waals surface area contributed by atoms with Gasteiger partial charge < -0.3 is 18.8 Å². The molecule has 1 fully saturated rings. The van der Waals surface area contributed by atoms with Crippen LogP contribution in [0.4, 0.5) is 17.6 Å². The normalized spacial score (nSPS) is 14.4. The zero-order valence-electron chi connectivity index (χ0n) is 23.8. The molecule has 1 aliphatic rings. The summed E-state index contributed by atoms with van der Waals surface area (Å²) in [6.07, 6.45) is 0.445. The Labute approximate surface area is 250 Å². The number of fused-ring (bicyclic) bond motifs is 1. The van der Waals surface area contributed by atoms with Crippen LogP contribution in [0.5, 0.6) is 5.75 Å². The van der Waals surface area contributed by atoms with Crippen LogP contribution >= 0.6 is 0 Å². The number of rotatable bonds is 10. The van der Waals surface area contributed by atoms with Crippen LogP contribution in [0.25, 0.3) is 22.2 Å². The van der Waals surface area contributed by atoms with Crippen LogP contribution in [0, 0.1) is 23.3 Å². The fourth-order valence-electron chi connectivity index (χ4n) is 5.16. The van der Waals surface area contributed by atoms with E-state index in [9.17, 15) is 9.18 Å². The summed E-state index contributed by atoms with van der Waals surface area (Å²) >= 11 is 0. The van der Waals surface area contributed by atoms with E-state index in [0.29, 0.717) is 18.7 Å². The first kappa shape index (κ1) is 29.4. The molecule has 0 saturated carbocycles. The molecule has 6 nitrogen and oxygen atoms in total. The summed E-state index contributed by atoms with van der Waals surface area (Å²) in [6.45, 7) is 2.75. The van der Waals surface area contributed by atoms with E-state index >= 15 is 13.2 Å². The van der Waals surface area contributed by atoms with Gasteiger partial charge in [-0.05, 0) is 66.4 Å².